The first-order valence-electron chi connectivity index (χ1n) is 5.08. The second-order valence-corrected chi connectivity index (χ2v) is 3.52. The fraction of sp³-hybridized carbons (Fsp3) is 0.667. The largest absolute Gasteiger partial charge is 0.332 e. The number of carbonyl (C=O) groups excluding carboxylic acids is 2. The first kappa shape index (κ1) is 12.4. The highest BCUT2D eigenvalue weighted by atomic mass is 16.2. The molecule has 2 amide bonds. The quantitative estimate of drug-likeness (QED) is 0.246. The van der Waals surface area contributed by atoms with Crippen molar-refractivity contribution in [2.24, 2.45) is 5.84 Å². The smallest absolute Gasteiger partial charge is 0.323 e. The maximum absolute atomic E-state index is 11.4. The Balaban J connectivity index is 2.35. The summed E-state index contributed by atoms with van der Waals surface area (Å²) in [5.74, 6) is 3.50. The van der Waals surface area contributed by atoms with Gasteiger partial charge in [-0.15, -0.1) is 0 Å². The zero-order valence-electron chi connectivity index (χ0n) is 8.98. The lowest BCUT2D eigenvalue weighted by Crippen LogP contribution is -2.53. The maximum atomic E-state index is 11.4. The van der Waals surface area contributed by atoms with Crippen molar-refractivity contribution in [3.63, 3.8) is 0 Å². The van der Waals surface area contributed by atoms with Crippen molar-refractivity contribution in [1.29, 1.82) is 5.26 Å². The fourth-order valence-electron chi connectivity index (χ4n) is 1.59. The Morgan fingerprint density at radius 2 is 1.94 bits per heavy atom. The third-order valence-corrected chi connectivity index (χ3v) is 2.52. The van der Waals surface area contributed by atoms with Crippen LogP contribution in [0.2, 0.25) is 0 Å². The van der Waals surface area contributed by atoms with E-state index in [9.17, 15) is 9.59 Å². The average molecular weight is 225 g/mol. The lowest BCUT2D eigenvalue weighted by atomic mass is 10.3. The van der Waals surface area contributed by atoms with Crippen LogP contribution in [-0.4, -0.2) is 54.3 Å². The number of hydrogen-bond donors (Lipinski definition) is 2. The van der Waals surface area contributed by atoms with E-state index in [1.54, 1.807) is 0 Å². The molecular weight excluding hydrogens is 210 g/mol. The summed E-state index contributed by atoms with van der Waals surface area (Å²) in [7, 11) is 0. The van der Waals surface area contributed by atoms with Crippen molar-refractivity contribution in [3.05, 3.63) is 0 Å². The molecule has 1 aliphatic heterocycles. The van der Waals surface area contributed by atoms with Gasteiger partial charge in [-0.1, -0.05) is 0 Å². The van der Waals surface area contributed by atoms with Gasteiger partial charge in [0, 0.05) is 39.1 Å². The number of hydrogen-bond acceptors (Lipinski definition) is 5. The topological polar surface area (TPSA) is 102 Å². The van der Waals surface area contributed by atoms with Gasteiger partial charge in [0.2, 0.25) is 0 Å². The van der Waals surface area contributed by atoms with Gasteiger partial charge in [0.15, 0.2) is 0 Å². The van der Waals surface area contributed by atoms with Gasteiger partial charge >= 0.3 is 11.8 Å². The summed E-state index contributed by atoms with van der Waals surface area (Å²) in [6.45, 7) is 3.08. The summed E-state index contributed by atoms with van der Waals surface area (Å²) in [4.78, 5) is 25.9. The van der Waals surface area contributed by atoms with Gasteiger partial charge < -0.3 is 4.90 Å². The number of nitrogens with two attached hydrogens (primary N) is 1. The van der Waals surface area contributed by atoms with Gasteiger partial charge in [0.1, 0.15) is 0 Å². The van der Waals surface area contributed by atoms with Gasteiger partial charge in [0.25, 0.3) is 0 Å². The zero-order chi connectivity index (χ0) is 12.0. The summed E-state index contributed by atoms with van der Waals surface area (Å²) in [6.07, 6.45) is 0.483. The molecule has 1 fully saturated rings. The normalized spacial score (nSPS) is 16.6. The monoisotopic (exact) mass is 225 g/mol. The molecule has 1 heterocycles. The van der Waals surface area contributed by atoms with Gasteiger partial charge in [-0.25, -0.2) is 5.84 Å². The van der Waals surface area contributed by atoms with E-state index in [0.717, 1.165) is 0 Å². The van der Waals surface area contributed by atoms with E-state index in [1.165, 1.54) is 4.90 Å². The van der Waals surface area contributed by atoms with Gasteiger partial charge in [-0.05, 0) is 0 Å². The zero-order valence-corrected chi connectivity index (χ0v) is 8.98. The molecular formula is C9H15N5O2. The van der Waals surface area contributed by atoms with E-state index < -0.39 is 11.8 Å². The summed E-state index contributed by atoms with van der Waals surface area (Å²) in [6, 6.07) is 2.07. The highest BCUT2D eigenvalue weighted by molar-refractivity contribution is 6.34. The Morgan fingerprint density at radius 3 is 2.44 bits per heavy atom. The molecule has 0 bridgehead atoms. The van der Waals surface area contributed by atoms with E-state index >= 15 is 0 Å². The SMILES string of the molecule is N#CCCN1CCN(C(=O)C(=O)NN)CC1. The van der Waals surface area contributed by atoms with Crippen molar-refractivity contribution in [2.75, 3.05) is 32.7 Å². The Hall–Kier alpha value is -1.65. The number of nitrogens with zero attached hydrogens (tertiary/aromatic N) is 3. The lowest BCUT2D eigenvalue weighted by molar-refractivity contribution is -0.147. The summed E-state index contributed by atoms with van der Waals surface area (Å²) < 4.78 is 0. The molecule has 7 heteroatoms. The first-order valence-corrected chi connectivity index (χ1v) is 5.08. The van der Waals surface area contributed by atoms with Crippen molar-refractivity contribution in [3.8, 4) is 6.07 Å². The van der Waals surface area contributed by atoms with Crippen LogP contribution in [0.5, 0.6) is 0 Å². The van der Waals surface area contributed by atoms with Gasteiger partial charge in [0.05, 0.1) is 6.07 Å². The molecule has 16 heavy (non-hydrogen) atoms. The van der Waals surface area contributed by atoms with Crippen LogP contribution in [0.4, 0.5) is 0 Å². The molecule has 0 radical (unpaired) electrons. The number of nitriles is 1. The van der Waals surface area contributed by atoms with Crippen LogP contribution in [0.3, 0.4) is 0 Å². The number of rotatable bonds is 2. The summed E-state index contributed by atoms with van der Waals surface area (Å²) in [5.41, 5.74) is 1.82. The molecule has 0 aliphatic carbocycles. The number of carbonyl (C=O) groups is 2. The molecule has 1 aliphatic rings. The number of hydrazine groups is 1. The van der Waals surface area contributed by atoms with Crippen molar-refractivity contribution < 1.29 is 9.59 Å². The number of amides is 2. The third kappa shape index (κ3) is 3.18. The second kappa shape index (κ2) is 6.05. The predicted molar refractivity (Wildman–Crippen MR) is 55.6 cm³/mol. The van der Waals surface area contributed by atoms with E-state index in [-0.39, 0.29) is 0 Å². The number of piperazine rings is 1. The average Bonchev–Trinajstić information content (AvgIpc) is 2.35. The molecule has 0 unspecified atom stereocenters. The van der Waals surface area contributed by atoms with Crippen LogP contribution in [0.1, 0.15) is 6.42 Å². The van der Waals surface area contributed by atoms with Gasteiger partial charge in [-0.2, -0.15) is 5.26 Å². The third-order valence-electron chi connectivity index (χ3n) is 2.52. The van der Waals surface area contributed by atoms with Crippen LogP contribution < -0.4 is 11.3 Å². The van der Waals surface area contributed by atoms with E-state index in [1.807, 2.05) is 5.43 Å². The van der Waals surface area contributed by atoms with Crippen molar-refractivity contribution in [1.82, 2.24) is 15.2 Å². The molecule has 0 spiro atoms. The number of nitrogens with one attached hydrogen (secondary N) is 1. The highest BCUT2D eigenvalue weighted by Gasteiger charge is 2.24. The minimum Gasteiger partial charge on any atom is -0.332 e. The highest BCUT2D eigenvalue weighted by Crippen LogP contribution is 2.02. The molecule has 0 aromatic heterocycles. The van der Waals surface area contributed by atoms with E-state index in [2.05, 4.69) is 11.0 Å². The minimum absolute atomic E-state index is 0.483. The standard InChI is InChI=1S/C9H15N5O2/c10-2-1-3-13-4-6-14(7-5-13)9(16)8(15)12-11/h1,3-7,11H2,(H,12,15). The van der Waals surface area contributed by atoms with Crippen LogP contribution >= 0.6 is 0 Å². The first-order chi connectivity index (χ1) is 7.69. The lowest BCUT2D eigenvalue weighted by Gasteiger charge is -2.33. The fourth-order valence-corrected chi connectivity index (χ4v) is 1.59. The molecule has 88 valence electrons. The molecule has 0 aromatic carbocycles. The Bertz CT molecular complexity index is 304. The van der Waals surface area contributed by atoms with E-state index in [0.29, 0.717) is 39.1 Å². The Kier molecular flexibility index (Phi) is 4.69. The molecule has 0 saturated carbocycles. The molecule has 1 saturated heterocycles. The van der Waals surface area contributed by atoms with Crippen LogP contribution in [-0.2, 0) is 9.59 Å². The molecule has 1 rings (SSSR count). The van der Waals surface area contributed by atoms with E-state index in [4.69, 9.17) is 11.1 Å². The second-order valence-electron chi connectivity index (χ2n) is 3.52. The minimum atomic E-state index is -0.787. The van der Waals surface area contributed by atoms with Crippen molar-refractivity contribution in [2.45, 2.75) is 6.42 Å². The van der Waals surface area contributed by atoms with Crippen LogP contribution in [0, 0.1) is 11.3 Å². The summed E-state index contributed by atoms with van der Waals surface area (Å²) >= 11 is 0. The predicted octanol–water partition coefficient (Wildman–Crippen LogP) is -1.97. The summed E-state index contributed by atoms with van der Waals surface area (Å²) in [5, 5.41) is 8.43. The van der Waals surface area contributed by atoms with Gasteiger partial charge in [-0.3, -0.25) is 19.9 Å². The molecule has 0 aromatic rings. The Labute approximate surface area is 93.7 Å². The Morgan fingerprint density at radius 1 is 1.31 bits per heavy atom. The van der Waals surface area contributed by atoms with Crippen LogP contribution in [0.25, 0.3) is 0 Å². The van der Waals surface area contributed by atoms with Crippen molar-refractivity contribution >= 4 is 11.8 Å². The maximum Gasteiger partial charge on any atom is 0.323 e. The molecule has 7 nitrogen and oxygen atoms in total. The molecule has 0 atom stereocenters. The molecule has 3 N–H and O–H groups in total. The van der Waals surface area contributed by atoms with Crippen LogP contribution in [0.15, 0.2) is 0 Å².